The molecule has 1 saturated carbocycles. The molecule has 104 valence electrons. The lowest BCUT2D eigenvalue weighted by atomic mass is 9.72. The van der Waals surface area contributed by atoms with Crippen LogP contribution in [0.2, 0.25) is 0 Å². The molecule has 6 nitrogen and oxygen atoms in total. The molecule has 0 radical (unpaired) electrons. The number of ether oxygens (including phenoxy) is 1. The van der Waals surface area contributed by atoms with E-state index >= 15 is 0 Å². The van der Waals surface area contributed by atoms with Gasteiger partial charge in [0.1, 0.15) is 5.41 Å². The molecule has 0 aliphatic heterocycles. The number of nitrogens with zero attached hydrogens (tertiary/aromatic N) is 2. The molecule has 0 atom stereocenters. The van der Waals surface area contributed by atoms with Gasteiger partial charge in [0.2, 0.25) is 5.91 Å². The normalized spacial score (nSPS) is 19.6. The quantitative estimate of drug-likeness (QED) is 0.330. The van der Waals surface area contributed by atoms with Gasteiger partial charge in [0, 0.05) is 20.7 Å². The zero-order chi connectivity index (χ0) is 13.6. The molecule has 1 aliphatic carbocycles. The summed E-state index contributed by atoms with van der Waals surface area (Å²) < 4.78 is 4.96. The van der Waals surface area contributed by atoms with Crippen molar-refractivity contribution in [2.45, 2.75) is 32.1 Å². The minimum Gasteiger partial charge on any atom is -0.409 e. The Balaban J connectivity index is 2.86. The van der Waals surface area contributed by atoms with Gasteiger partial charge in [-0.25, -0.2) is 0 Å². The van der Waals surface area contributed by atoms with E-state index in [0.29, 0.717) is 26.0 Å². The Morgan fingerprint density at radius 2 is 2.06 bits per heavy atom. The van der Waals surface area contributed by atoms with Gasteiger partial charge in [-0.3, -0.25) is 4.79 Å². The third-order valence-corrected chi connectivity index (χ3v) is 3.69. The molecule has 6 heteroatoms. The van der Waals surface area contributed by atoms with Crippen molar-refractivity contribution in [1.82, 2.24) is 4.90 Å². The zero-order valence-corrected chi connectivity index (χ0v) is 11.2. The average molecular weight is 257 g/mol. The summed E-state index contributed by atoms with van der Waals surface area (Å²) in [6.07, 6.45) is 4.26. The Kier molecular flexibility index (Phi) is 5.40. The monoisotopic (exact) mass is 257 g/mol. The maximum absolute atomic E-state index is 12.5. The molecule has 3 N–H and O–H groups in total. The standard InChI is InChI=1S/C12H23N3O3/c1-15(8-9-18-2)11(16)12(10(13)14-17)6-4-3-5-7-12/h17H,3-9H2,1-2H3,(H2,13,14). The molecular weight excluding hydrogens is 234 g/mol. The predicted molar refractivity (Wildman–Crippen MR) is 68.4 cm³/mol. The van der Waals surface area contributed by atoms with E-state index in [4.69, 9.17) is 15.7 Å². The summed E-state index contributed by atoms with van der Waals surface area (Å²) >= 11 is 0. The lowest BCUT2D eigenvalue weighted by Crippen LogP contribution is -2.52. The third-order valence-electron chi connectivity index (χ3n) is 3.69. The molecule has 0 aromatic heterocycles. The topological polar surface area (TPSA) is 88.2 Å². The van der Waals surface area contributed by atoms with Crippen LogP contribution in [0.4, 0.5) is 0 Å². The van der Waals surface area contributed by atoms with E-state index in [9.17, 15) is 4.79 Å². The highest BCUT2D eigenvalue weighted by Gasteiger charge is 2.45. The Bertz CT molecular complexity index is 312. The van der Waals surface area contributed by atoms with E-state index in [1.807, 2.05) is 0 Å². The predicted octanol–water partition coefficient (Wildman–Crippen LogP) is 0.788. The summed E-state index contributed by atoms with van der Waals surface area (Å²) in [5.41, 5.74) is 4.95. The van der Waals surface area contributed by atoms with Crippen LogP contribution < -0.4 is 5.73 Å². The van der Waals surface area contributed by atoms with Gasteiger partial charge in [0.05, 0.1) is 6.61 Å². The number of rotatable bonds is 5. The van der Waals surface area contributed by atoms with E-state index in [1.165, 1.54) is 0 Å². The van der Waals surface area contributed by atoms with Crippen LogP contribution in [-0.4, -0.2) is 49.2 Å². The van der Waals surface area contributed by atoms with Crippen LogP contribution in [0.1, 0.15) is 32.1 Å². The van der Waals surface area contributed by atoms with Crippen LogP contribution in [0.25, 0.3) is 0 Å². The van der Waals surface area contributed by atoms with Gasteiger partial charge in [0.15, 0.2) is 5.84 Å². The third kappa shape index (κ3) is 2.93. The Morgan fingerprint density at radius 1 is 1.44 bits per heavy atom. The van der Waals surface area contributed by atoms with Crippen molar-refractivity contribution in [3.05, 3.63) is 0 Å². The summed E-state index contributed by atoms with van der Waals surface area (Å²) in [6, 6.07) is 0. The van der Waals surface area contributed by atoms with Gasteiger partial charge in [-0.2, -0.15) is 0 Å². The summed E-state index contributed by atoms with van der Waals surface area (Å²) in [5.74, 6) is -0.0361. The SMILES string of the molecule is COCCN(C)C(=O)C1(C(N)=NO)CCCCC1. The number of likely N-dealkylation sites (N-methyl/N-ethyl adjacent to an activating group) is 1. The molecule has 0 unspecified atom stereocenters. The van der Waals surface area contributed by atoms with Gasteiger partial charge in [-0.1, -0.05) is 24.4 Å². The number of hydrogen-bond donors (Lipinski definition) is 2. The second kappa shape index (κ2) is 6.58. The number of amides is 1. The first-order valence-corrected chi connectivity index (χ1v) is 6.31. The fourth-order valence-electron chi connectivity index (χ4n) is 2.53. The van der Waals surface area contributed by atoms with E-state index in [2.05, 4.69) is 5.16 Å². The van der Waals surface area contributed by atoms with Crippen molar-refractivity contribution in [3.63, 3.8) is 0 Å². The molecule has 0 spiro atoms. The second-order valence-electron chi connectivity index (χ2n) is 4.85. The highest BCUT2D eigenvalue weighted by molar-refractivity contribution is 6.06. The van der Waals surface area contributed by atoms with E-state index in [1.54, 1.807) is 19.1 Å². The van der Waals surface area contributed by atoms with Gasteiger partial charge < -0.3 is 20.6 Å². The molecule has 0 saturated heterocycles. The Morgan fingerprint density at radius 3 is 2.56 bits per heavy atom. The van der Waals surface area contributed by atoms with Gasteiger partial charge in [-0.05, 0) is 12.8 Å². The number of nitrogens with two attached hydrogens (primary N) is 1. The number of amidine groups is 1. The molecule has 0 aromatic carbocycles. The largest absolute Gasteiger partial charge is 0.409 e. The summed E-state index contributed by atoms with van der Waals surface area (Å²) in [7, 11) is 3.32. The van der Waals surface area contributed by atoms with Crippen LogP contribution in [0.15, 0.2) is 5.16 Å². The number of oxime groups is 1. The number of methoxy groups -OCH3 is 1. The van der Waals surface area contributed by atoms with Crippen molar-refractivity contribution in [3.8, 4) is 0 Å². The fraction of sp³-hybridized carbons (Fsp3) is 0.833. The zero-order valence-electron chi connectivity index (χ0n) is 11.2. The van der Waals surface area contributed by atoms with Crippen molar-refractivity contribution >= 4 is 11.7 Å². The second-order valence-corrected chi connectivity index (χ2v) is 4.85. The first kappa shape index (κ1) is 14.8. The molecule has 1 aliphatic rings. The fourth-order valence-corrected chi connectivity index (χ4v) is 2.53. The van der Waals surface area contributed by atoms with Crippen LogP contribution in [0.5, 0.6) is 0 Å². The van der Waals surface area contributed by atoms with Crippen LogP contribution in [0.3, 0.4) is 0 Å². The maximum Gasteiger partial charge on any atom is 0.236 e. The van der Waals surface area contributed by atoms with Crippen molar-refractivity contribution < 1.29 is 14.7 Å². The minimum absolute atomic E-state index is 0.0384. The molecular formula is C12H23N3O3. The lowest BCUT2D eigenvalue weighted by Gasteiger charge is -2.37. The molecule has 18 heavy (non-hydrogen) atoms. The van der Waals surface area contributed by atoms with Crippen LogP contribution in [-0.2, 0) is 9.53 Å². The highest BCUT2D eigenvalue weighted by atomic mass is 16.5. The minimum atomic E-state index is -0.824. The van der Waals surface area contributed by atoms with Gasteiger partial charge in [0.25, 0.3) is 0 Å². The summed E-state index contributed by atoms with van der Waals surface area (Å²) in [6.45, 7) is 0.990. The van der Waals surface area contributed by atoms with E-state index in [-0.39, 0.29) is 11.7 Å². The average Bonchev–Trinajstić information content (AvgIpc) is 2.43. The first-order chi connectivity index (χ1) is 8.58. The van der Waals surface area contributed by atoms with Crippen molar-refractivity contribution in [2.75, 3.05) is 27.3 Å². The lowest BCUT2D eigenvalue weighted by molar-refractivity contribution is -0.139. The summed E-state index contributed by atoms with van der Waals surface area (Å²) in [4.78, 5) is 14.1. The molecule has 0 bridgehead atoms. The highest BCUT2D eigenvalue weighted by Crippen LogP contribution is 2.38. The van der Waals surface area contributed by atoms with Gasteiger partial charge in [-0.15, -0.1) is 0 Å². The molecule has 1 fully saturated rings. The number of hydrogen-bond acceptors (Lipinski definition) is 4. The van der Waals surface area contributed by atoms with Crippen LogP contribution in [0, 0.1) is 5.41 Å². The van der Waals surface area contributed by atoms with Crippen molar-refractivity contribution in [1.29, 1.82) is 0 Å². The number of carbonyl (C=O) groups excluding carboxylic acids is 1. The molecule has 1 amide bonds. The summed E-state index contributed by atoms with van der Waals surface area (Å²) in [5, 5.41) is 12.0. The van der Waals surface area contributed by atoms with Crippen LogP contribution >= 0.6 is 0 Å². The molecule has 1 rings (SSSR count). The maximum atomic E-state index is 12.5. The first-order valence-electron chi connectivity index (χ1n) is 6.31. The Hall–Kier alpha value is -1.30. The Labute approximate surface area is 108 Å². The number of carbonyl (C=O) groups is 1. The van der Waals surface area contributed by atoms with E-state index in [0.717, 1.165) is 19.3 Å². The molecule has 0 heterocycles. The van der Waals surface area contributed by atoms with Crippen molar-refractivity contribution in [2.24, 2.45) is 16.3 Å². The molecule has 0 aromatic rings. The van der Waals surface area contributed by atoms with E-state index < -0.39 is 5.41 Å². The smallest absolute Gasteiger partial charge is 0.236 e. The van der Waals surface area contributed by atoms with Gasteiger partial charge >= 0.3 is 0 Å².